The lowest BCUT2D eigenvalue weighted by Gasteiger charge is -2.26. The van der Waals surface area contributed by atoms with E-state index >= 15 is 0 Å². The van der Waals surface area contributed by atoms with E-state index in [1.165, 1.54) is 44.5 Å². The summed E-state index contributed by atoms with van der Waals surface area (Å²) in [5.41, 5.74) is 1.49. The molecule has 1 saturated heterocycles. The maximum Gasteiger partial charge on any atom is 0.258 e. The van der Waals surface area contributed by atoms with Crippen LogP contribution in [0.2, 0.25) is 0 Å². The van der Waals surface area contributed by atoms with E-state index in [2.05, 4.69) is 31.5 Å². The highest BCUT2D eigenvalue weighted by molar-refractivity contribution is 9.10. The van der Waals surface area contributed by atoms with E-state index in [1.807, 2.05) is 18.2 Å². The Balaban J connectivity index is 1.51. The van der Waals surface area contributed by atoms with Crippen LogP contribution < -0.4 is 15.4 Å². The zero-order chi connectivity index (χ0) is 24.3. The molecule has 3 N–H and O–H groups in total. The molecule has 2 aromatic carbocycles. The third-order valence-corrected chi connectivity index (χ3v) is 6.63. The number of rotatable bonds is 10. The van der Waals surface area contributed by atoms with Crippen LogP contribution in [0.3, 0.4) is 0 Å². The summed E-state index contributed by atoms with van der Waals surface area (Å²) < 4.78 is 21.0. The molecule has 1 aliphatic heterocycles. The predicted molar refractivity (Wildman–Crippen MR) is 137 cm³/mol. The zero-order valence-electron chi connectivity index (χ0n) is 19.8. The number of amides is 1. The third-order valence-electron chi connectivity index (χ3n) is 6.14. The maximum absolute atomic E-state index is 14.7. The van der Waals surface area contributed by atoms with Gasteiger partial charge in [0.05, 0.1) is 7.11 Å². The largest absolute Gasteiger partial charge is 0.496 e. The van der Waals surface area contributed by atoms with E-state index in [1.54, 1.807) is 13.2 Å². The van der Waals surface area contributed by atoms with Gasteiger partial charge in [-0.25, -0.2) is 4.39 Å². The van der Waals surface area contributed by atoms with Crippen molar-refractivity contribution in [1.29, 1.82) is 5.41 Å². The molecule has 1 amide bonds. The first-order valence-corrected chi connectivity index (χ1v) is 12.7. The summed E-state index contributed by atoms with van der Waals surface area (Å²) in [6.07, 6.45) is 6.73. The number of likely N-dealkylation sites (tertiary alicyclic amines) is 1. The van der Waals surface area contributed by atoms with E-state index in [4.69, 9.17) is 10.1 Å². The number of guanidine groups is 1. The molecule has 0 radical (unpaired) electrons. The zero-order valence-corrected chi connectivity index (χ0v) is 21.3. The molecule has 2 aromatic rings. The summed E-state index contributed by atoms with van der Waals surface area (Å²) in [5.74, 6) is -0.260. The summed E-state index contributed by atoms with van der Waals surface area (Å²) >= 11 is 3.45. The summed E-state index contributed by atoms with van der Waals surface area (Å²) in [6, 6.07) is 10.1. The molecule has 3 rings (SSSR count). The molecule has 8 heteroatoms. The van der Waals surface area contributed by atoms with E-state index in [-0.39, 0.29) is 11.5 Å². The molecule has 0 atom stereocenters. The van der Waals surface area contributed by atoms with Gasteiger partial charge in [0, 0.05) is 22.1 Å². The minimum absolute atomic E-state index is 0.0631. The molecule has 0 saturated carbocycles. The number of ether oxygens (including phenoxy) is 1. The summed E-state index contributed by atoms with van der Waals surface area (Å²) in [5, 5.41) is 13.6. The Morgan fingerprint density at radius 3 is 2.71 bits per heavy atom. The lowest BCUT2D eigenvalue weighted by Crippen LogP contribution is -2.41. The van der Waals surface area contributed by atoms with Gasteiger partial charge in [-0.05, 0) is 94.1 Å². The summed E-state index contributed by atoms with van der Waals surface area (Å²) in [6.45, 7) is 4.07. The van der Waals surface area contributed by atoms with Crippen molar-refractivity contribution in [3.63, 3.8) is 0 Å². The highest BCUT2D eigenvalue weighted by Gasteiger charge is 2.17. The fraction of sp³-hybridized carbons (Fsp3) is 0.462. The highest BCUT2D eigenvalue weighted by Crippen LogP contribution is 2.25. The summed E-state index contributed by atoms with van der Waals surface area (Å²) in [4.78, 5) is 15.3. The minimum atomic E-state index is -0.485. The van der Waals surface area contributed by atoms with E-state index in [0.29, 0.717) is 24.9 Å². The van der Waals surface area contributed by atoms with E-state index in [9.17, 15) is 9.18 Å². The van der Waals surface area contributed by atoms with Gasteiger partial charge in [0.2, 0.25) is 0 Å². The first-order valence-electron chi connectivity index (χ1n) is 11.9. The Morgan fingerprint density at radius 1 is 1.15 bits per heavy atom. The van der Waals surface area contributed by atoms with Crippen LogP contribution in [0, 0.1) is 11.2 Å². The second-order valence-corrected chi connectivity index (χ2v) is 9.50. The van der Waals surface area contributed by atoms with Crippen molar-refractivity contribution in [2.24, 2.45) is 0 Å². The number of carbonyl (C=O) groups excluding carboxylic acids is 1. The lowest BCUT2D eigenvalue weighted by atomic mass is 9.98. The molecule has 0 aromatic heterocycles. The van der Waals surface area contributed by atoms with Gasteiger partial charge >= 0.3 is 0 Å². The number of hydrogen-bond acceptors (Lipinski definition) is 4. The van der Waals surface area contributed by atoms with Gasteiger partial charge in [-0.1, -0.05) is 28.4 Å². The maximum atomic E-state index is 14.7. The van der Waals surface area contributed by atoms with Gasteiger partial charge in [-0.3, -0.25) is 15.5 Å². The predicted octanol–water partition coefficient (Wildman–Crippen LogP) is 4.90. The van der Waals surface area contributed by atoms with Crippen molar-refractivity contribution in [2.75, 3.05) is 33.3 Å². The topological polar surface area (TPSA) is 77.4 Å². The molecule has 1 aliphatic rings. The molecule has 0 spiro atoms. The lowest BCUT2D eigenvalue weighted by molar-refractivity contribution is 0.0974. The van der Waals surface area contributed by atoms with Crippen molar-refractivity contribution in [3.8, 4) is 5.75 Å². The van der Waals surface area contributed by atoms with Crippen LogP contribution >= 0.6 is 15.9 Å². The van der Waals surface area contributed by atoms with Gasteiger partial charge < -0.3 is 15.0 Å². The van der Waals surface area contributed by atoms with Crippen LogP contribution in [0.15, 0.2) is 40.9 Å². The molecule has 34 heavy (non-hydrogen) atoms. The third kappa shape index (κ3) is 7.81. The highest BCUT2D eigenvalue weighted by atomic mass is 79.9. The van der Waals surface area contributed by atoms with Crippen LogP contribution in [-0.4, -0.2) is 50.1 Å². The number of halogens is 2. The monoisotopic (exact) mass is 532 g/mol. The van der Waals surface area contributed by atoms with Crippen LogP contribution in [0.25, 0.3) is 0 Å². The molecule has 0 unspecified atom stereocenters. The second-order valence-electron chi connectivity index (χ2n) is 8.59. The Morgan fingerprint density at radius 2 is 1.94 bits per heavy atom. The number of unbranched alkanes of at least 4 members (excludes halogenated alkanes) is 1. The second kappa shape index (κ2) is 13.4. The number of nitrogens with one attached hydrogen (secondary N) is 3. The van der Waals surface area contributed by atoms with E-state index < -0.39 is 11.7 Å². The molecular formula is C26H34BrFN4O2. The fourth-order valence-electron chi connectivity index (χ4n) is 4.31. The van der Waals surface area contributed by atoms with Crippen molar-refractivity contribution < 1.29 is 13.9 Å². The quantitative estimate of drug-likeness (QED) is 0.231. The van der Waals surface area contributed by atoms with Gasteiger partial charge in [0.1, 0.15) is 11.6 Å². The van der Waals surface area contributed by atoms with Crippen molar-refractivity contribution in [1.82, 2.24) is 15.5 Å². The SMILES string of the molecule is COc1ccc(Br)cc1CCc1c(F)cccc1C(=O)NC(=N)NCCCCN1CCCCC1. The Kier molecular flexibility index (Phi) is 10.3. The number of carbonyl (C=O) groups is 1. The minimum Gasteiger partial charge on any atom is -0.496 e. The van der Waals surface area contributed by atoms with Gasteiger partial charge in [0.25, 0.3) is 5.91 Å². The van der Waals surface area contributed by atoms with Crippen molar-refractivity contribution >= 4 is 27.8 Å². The molecule has 1 fully saturated rings. The number of hydrogen-bond donors (Lipinski definition) is 3. The van der Waals surface area contributed by atoms with Gasteiger partial charge in [-0.15, -0.1) is 0 Å². The molecule has 0 bridgehead atoms. The number of nitrogens with zero attached hydrogens (tertiary/aromatic N) is 1. The average molecular weight is 533 g/mol. The Hall–Kier alpha value is -2.45. The fourth-order valence-corrected chi connectivity index (χ4v) is 4.72. The number of methoxy groups -OCH3 is 1. The van der Waals surface area contributed by atoms with Crippen LogP contribution in [0.5, 0.6) is 5.75 Å². The smallest absolute Gasteiger partial charge is 0.258 e. The number of benzene rings is 2. The molecule has 184 valence electrons. The first kappa shape index (κ1) is 26.2. The first-order chi connectivity index (χ1) is 16.5. The standard InChI is InChI=1S/C26H34BrFN4O2/c1-34-24-13-11-20(27)18-19(24)10-12-21-22(8-7-9-23(21)28)25(33)31-26(29)30-14-3-6-17-32-15-4-2-5-16-32/h7-9,11,13,18H,2-6,10,12,14-17H2,1H3,(H3,29,30,31,33). The Labute approximate surface area is 209 Å². The van der Waals surface area contributed by atoms with Crippen molar-refractivity contribution in [2.45, 2.75) is 44.9 Å². The Bertz CT molecular complexity index is 979. The van der Waals surface area contributed by atoms with Crippen LogP contribution in [-0.2, 0) is 12.8 Å². The van der Waals surface area contributed by atoms with Crippen molar-refractivity contribution in [3.05, 3.63) is 63.4 Å². The normalized spacial score (nSPS) is 14.0. The average Bonchev–Trinajstić information content (AvgIpc) is 2.83. The molecule has 6 nitrogen and oxygen atoms in total. The molecule has 0 aliphatic carbocycles. The van der Waals surface area contributed by atoms with Crippen LogP contribution in [0.1, 0.15) is 53.6 Å². The molecular weight excluding hydrogens is 499 g/mol. The summed E-state index contributed by atoms with van der Waals surface area (Å²) in [7, 11) is 1.60. The number of aryl methyl sites for hydroxylation is 1. The van der Waals surface area contributed by atoms with Gasteiger partial charge in [0.15, 0.2) is 5.96 Å². The van der Waals surface area contributed by atoms with Gasteiger partial charge in [-0.2, -0.15) is 0 Å². The molecule has 1 heterocycles. The van der Waals surface area contributed by atoms with E-state index in [0.717, 1.165) is 35.2 Å². The van der Waals surface area contributed by atoms with Crippen LogP contribution in [0.4, 0.5) is 4.39 Å². The number of piperidine rings is 1.